The van der Waals surface area contributed by atoms with E-state index in [9.17, 15) is 13.2 Å². The summed E-state index contributed by atoms with van der Waals surface area (Å²) < 4.78 is 40.6. The lowest BCUT2D eigenvalue weighted by molar-refractivity contribution is -0.173. The molecule has 0 radical (unpaired) electrons. The van der Waals surface area contributed by atoms with Crippen molar-refractivity contribution in [3.05, 3.63) is 30.3 Å². The third-order valence-electron chi connectivity index (χ3n) is 3.66. The lowest BCUT2D eigenvalue weighted by Crippen LogP contribution is -2.40. The first-order chi connectivity index (χ1) is 11.5. The Morgan fingerprint density at radius 2 is 1.80 bits per heavy atom. The van der Waals surface area contributed by atoms with Crippen molar-refractivity contribution in [2.75, 3.05) is 38.2 Å². The minimum absolute atomic E-state index is 0. The Labute approximate surface area is 163 Å². The molecular formula is C17H25F3IN3O. The van der Waals surface area contributed by atoms with Crippen molar-refractivity contribution in [2.45, 2.75) is 31.9 Å². The smallest absolute Gasteiger partial charge is 0.372 e. The minimum atomic E-state index is -4.27. The monoisotopic (exact) mass is 471 g/mol. The molecule has 1 aromatic rings. The van der Waals surface area contributed by atoms with Gasteiger partial charge in [0.05, 0.1) is 0 Å². The number of piperidine rings is 1. The van der Waals surface area contributed by atoms with Crippen LogP contribution in [0.15, 0.2) is 35.3 Å². The molecule has 0 atom stereocenters. The fourth-order valence-corrected chi connectivity index (χ4v) is 2.51. The topological polar surface area (TPSA) is 36.9 Å². The van der Waals surface area contributed by atoms with E-state index >= 15 is 0 Å². The predicted molar refractivity (Wildman–Crippen MR) is 105 cm³/mol. The number of nitrogens with one attached hydrogen (secondary N) is 1. The summed E-state index contributed by atoms with van der Waals surface area (Å²) in [5, 5.41) is 3.32. The van der Waals surface area contributed by atoms with Crippen LogP contribution in [-0.4, -0.2) is 49.9 Å². The number of nitrogens with zero attached hydrogens (tertiary/aromatic N) is 2. The van der Waals surface area contributed by atoms with Gasteiger partial charge in [-0.2, -0.15) is 13.2 Å². The number of ether oxygens (including phenoxy) is 1. The van der Waals surface area contributed by atoms with Crippen LogP contribution in [0, 0.1) is 0 Å². The molecule has 1 aromatic carbocycles. The summed E-state index contributed by atoms with van der Waals surface area (Å²) in [6, 6.07) is 9.76. The summed E-state index contributed by atoms with van der Waals surface area (Å²) in [6.45, 7) is 1.19. The van der Waals surface area contributed by atoms with E-state index in [4.69, 9.17) is 0 Å². The van der Waals surface area contributed by atoms with E-state index in [1.54, 1.807) is 0 Å². The lowest BCUT2D eigenvalue weighted by Gasteiger charge is -2.30. The molecule has 0 aromatic heterocycles. The summed E-state index contributed by atoms with van der Waals surface area (Å²) in [4.78, 5) is 6.75. The van der Waals surface area contributed by atoms with Crippen LogP contribution >= 0.6 is 24.0 Å². The van der Waals surface area contributed by atoms with Crippen molar-refractivity contribution < 1.29 is 17.9 Å². The van der Waals surface area contributed by atoms with Crippen molar-refractivity contribution in [1.82, 2.24) is 4.90 Å². The number of hydrogen-bond donors (Lipinski definition) is 1. The first-order valence-electron chi connectivity index (χ1n) is 8.30. The maximum absolute atomic E-state index is 12.0. The molecule has 1 saturated heterocycles. The second-order valence-corrected chi connectivity index (χ2v) is 5.77. The molecule has 25 heavy (non-hydrogen) atoms. The van der Waals surface area contributed by atoms with Crippen molar-refractivity contribution in [3.8, 4) is 0 Å². The van der Waals surface area contributed by atoms with Crippen LogP contribution in [0.4, 0.5) is 18.9 Å². The van der Waals surface area contributed by atoms with Crippen molar-refractivity contribution in [2.24, 2.45) is 4.99 Å². The largest absolute Gasteiger partial charge is 0.411 e. The molecular weight excluding hydrogens is 446 g/mol. The van der Waals surface area contributed by atoms with Crippen LogP contribution in [0.1, 0.15) is 25.7 Å². The van der Waals surface area contributed by atoms with Crippen molar-refractivity contribution >= 4 is 35.6 Å². The number of alkyl halides is 3. The van der Waals surface area contributed by atoms with Gasteiger partial charge in [0.15, 0.2) is 5.96 Å². The number of aliphatic imine (C=N–C) groups is 1. The van der Waals surface area contributed by atoms with Gasteiger partial charge in [-0.3, -0.25) is 4.99 Å². The van der Waals surface area contributed by atoms with Crippen LogP contribution in [0.3, 0.4) is 0 Å². The number of guanidine groups is 1. The third kappa shape index (κ3) is 9.29. The molecule has 1 N–H and O–H groups in total. The predicted octanol–water partition coefficient (Wildman–Crippen LogP) is 4.53. The molecule has 1 fully saturated rings. The molecule has 1 aliphatic rings. The van der Waals surface area contributed by atoms with Gasteiger partial charge in [-0.1, -0.05) is 18.2 Å². The summed E-state index contributed by atoms with van der Waals surface area (Å²) in [5.41, 5.74) is 0.954. The van der Waals surface area contributed by atoms with Gasteiger partial charge in [0.25, 0.3) is 0 Å². The number of anilines is 1. The van der Waals surface area contributed by atoms with Crippen LogP contribution in [0.25, 0.3) is 0 Å². The Bertz CT molecular complexity index is 506. The van der Waals surface area contributed by atoms with Crippen LogP contribution in [-0.2, 0) is 4.74 Å². The number of likely N-dealkylation sites (tertiary alicyclic amines) is 1. The van der Waals surface area contributed by atoms with E-state index in [0.29, 0.717) is 13.0 Å². The molecule has 1 heterocycles. The number of hydrogen-bond acceptors (Lipinski definition) is 2. The molecule has 0 unspecified atom stereocenters. The van der Waals surface area contributed by atoms with Gasteiger partial charge in [0, 0.05) is 31.9 Å². The van der Waals surface area contributed by atoms with E-state index in [0.717, 1.165) is 37.6 Å². The molecule has 0 aliphatic carbocycles. The van der Waals surface area contributed by atoms with E-state index in [1.807, 2.05) is 30.3 Å². The average molecular weight is 471 g/mol. The number of benzene rings is 1. The lowest BCUT2D eigenvalue weighted by atomic mass is 10.1. The van der Waals surface area contributed by atoms with E-state index < -0.39 is 12.8 Å². The molecule has 0 amide bonds. The average Bonchev–Trinajstić information content (AvgIpc) is 2.57. The Balaban J connectivity index is 0.00000312. The van der Waals surface area contributed by atoms with E-state index in [-0.39, 0.29) is 30.6 Å². The highest BCUT2D eigenvalue weighted by atomic mass is 127. The molecule has 0 saturated carbocycles. The zero-order chi connectivity index (χ0) is 17.3. The maximum atomic E-state index is 12.0. The Kier molecular flexibility index (Phi) is 10.2. The zero-order valence-corrected chi connectivity index (χ0v) is 16.4. The van der Waals surface area contributed by atoms with Crippen LogP contribution < -0.4 is 5.32 Å². The highest BCUT2D eigenvalue weighted by Crippen LogP contribution is 2.15. The summed E-state index contributed by atoms with van der Waals surface area (Å²) in [7, 11) is 0. The minimum Gasteiger partial charge on any atom is -0.372 e. The van der Waals surface area contributed by atoms with Gasteiger partial charge in [0.2, 0.25) is 0 Å². The fourth-order valence-electron chi connectivity index (χ4n) is 2.51. The van der Waals surface area contributed by atoms with E-state index in [1.165, 1.54) is 6.42 Å². The Morgan fingerprint density at radius 1 is 1.12 bits per heavy atom. The van der Waals surface area contributed by atoms with Gasteiger partial charge in [0.1, 0.15) is 6.61 Å². The SMILES string of the molecule is FC(F)(F)COCCCN=C(Nc1ccccc1)N1CCCCC1.I. The van der Waals surface area contributed by atoms with Gasteiger partial charge in [-0.25, -0.2) is 0 Å². The molecule has 4 nitrogen and oxygen atoms in total. The summed E-state index contributed by atoms with van der Waals surface area (Å²) in [5.74, 6) is 0.789. The zero-order valence-electron chi connectivity index (χ0n) is 14.1. The first-order valence-corrected chi connectivity index (χ1v) is 8.30. The summed E-state index contributed by atoms with van der Waals surface area (Å²) in [6.07, 6.45) is -0.324. The number of rotatable bonds is 6. The molecule has 1 aliphatic heterocycles. The molecule has 8 heteroatoms. The second-order valence-electron chi connectivity index (χ2n) is 5.77. The van der Waals surface area contributed by atoms with Crippen LogP contribution in [0.5, 0.6) is 0 Å². The Hall–Kier alpha value is -1.03. The van der Waals surface area contributed by atoms with Gasteiger partial charge < -0.3 is 15.0 Å². The Morgan fingerprint density at radius 3 is 2.44 bits per heavy atom. The molecule has 142 valence electrons. The quantitative estimate of drug-likeness (QED) is 0.287. The van der Waals surface area contributed by atoms with Crippen molar-refractivity contribution in [1.29, 1.82) is 0 Å². The molecule has 0 bridgehead atoms. The highest BCUT2D eigenvalue weighted by molar-refractivity contribution is 14.0. The van der Waals surface area contributed by atoms with Crippen LogP contribution in [0.2, 0.25) is 0 Å². The third-order valence-corrected chi connectivity index (χ3v) is 3.66. The fraction of sp³-hybridized carbons (Fsp3) is 0.588. The molecule has 2 rings (SSSR count). The highest BCUT2D eigenvalue weighted by Gasteiger charge is 2.27. The summed E-state index contributed by atoms with van der Waals surface area (Å²) >= 11 is 0. The number of para-hydroxylation sites is 1. The standard InChI is InChI=1S/C17H24F3N3O.HI/c18-17(19,20)14-24-13-7-10-21-16(23-11-5-2-6-12-23)22-15-8-3-1-4-9-15;/h1,3-4,8-9H,2,5-7,10-14H2,(H,21,22);1H. The molecule has 0 spiro atoms. The maximum Gasteiger partial charge on any atom is 0.411 e. The van der Waals surface area contributed by atoms with Gasteiger partial charge >= 0.3 is 6.18 Å². The van der Waals surface area contributed by atoms with Gasteiger partial charge in [-0.15, -0.1) is 24.0 Å². The normalized spacial score (nSPS) is 15.6. The van der Waals surface area contributed by atoms with E-state index in [2.05, 4.69) is 19.9 Å². The first kappa shape index (κ1) is 22.0. The van der Waals surface area contributed by atoms with Gasteiger partial charge in [-0.05, 0) is 37.8 Å². The number of halogens is 4. The van der Waals surface area contributed by atoms with Crippen molar-refractivity contribution in [3.63, 3.8) is 0 Å². The second kappa shape index (κ2) is 11.6.